The lowest BCUT2D eigenvalue weighted by molar-refractivity contribution is -0.140. The molecule has 2 aromatic rings. The number of halogens is 3. The smallest absolute Gasteiger partial charge is 0.242 e. The first-order chi connectivity index (χ1) is 12.8. The number of amides is 2. The molecule has 2 amide bonds. The van der Waals surface area contributed by atoms with Crippen molar-refractivity contribution in [2.45, 2.75) is 32.4 Å². The van der Waals surface area contributed by atoms with Crippen molar-refractivity contribution in [3.63, 3.8) is 0 Å². The van der Waals surface area contributed by atoms with E-state index in [2.05, 4.69) is 5.32 Å². The molecule has 0 aliphatic carbocycles. The average molecular weight is 428 g/mol. The minimum absolute atomic E-state index is 0.154. The van der Waals surface area contributed by atoms with E-state index >= 15 is 0 Å². The number of hydrogen-bond acceptors (Lipinski definition) is 2. The number of hydrogen-bond donors (Lipinski definition) is 1. The molecule has 27 heavy (non-hydrogen) atoms. The maximum Gasteiger partial charge on any atom is 0.242 e. The molecule has 0 radical (unpaired) electrons. The Balaban J connectivity index is 2.29. The van der Waals surface area contributed by atoms with Gasteiger partial charge in [0.15, 0.2) is 0 Å². The van der Waals surface area contributed by atoms with Gasteiger partial charge >= 0.3 is 0 Å². The summed E-state index contributed by atoms with van der Waals surface area (Å²) in [6, 6.07) is 11.7. The Hall–Kier alpha value is -1.75. The van der Waals surface area contributed by atoms with E-state index < -0.39 is 6.04 Å². The molecular formula is C20H21Cl3N2O2. The summed E-state index contributed by atoms with van der Waals surface area (Å²) < 4.78 is 0. The molecule has 144 valence electrons. The number of carbonyl (C=O) groups excluding carboxylic acids is 2. The molecule has 0 aliphatic rings. The standard InChI is InChI=1S/C20H21Cl3N2O2/c1-3-18(20(27)24-2)25(12-14-6-9-16(22)17(23)10-14)19(26)11-13-4-7-15(21)8-5-13/h4-10,18H,3,11-12H2,1-2H3,(H,24,27)/t18-/m0/s1. The molecule has 7 heteroatoms. The van der Waals surface area contributed by atoms with Gasteiger partial charge in [0.25, 0.3) is 0 Å². The van der Waals surface area contributed by atoms with Gasteiger partial charge in [-0.25, -0.2) is 0 Å². The minimum atomic E-state index is -0.579. The van der Waals surface area contributed by atoms with Crippen molar-refractivity contribution in [3.8, 4) is 0 Å². The van der Waals surface area contributed by atoms with Gasteiger partial charge in [0, 0.05) is 18.6 Å². The van der Waals surface area contributed by atoms with Crippen LogP contribution >= 0.6 is 34.8 Å². The highest BCUT2D eigenvalue weighted by molar-refractivity contribution is 6.42. The third-order valence-corrected chi connectivity index (χ3v) is 5.23. The quantitative estimate of drug-likeness (QED) is 0.693. The van der Waals surface area contributed by atoms with Crippen molar-refractivity contribution >= 4 is 46.6 Å². The van der Waals surface area contributed by atoms with E-state index in [1.807, 2.05) is 6.92 Å². The Bertz CT molecular complexity index is 809. The lowest BCUT2D eigenvalue weighted by Gasteiger charge is -2.30. The van der Waals surface area contributed by atoms with E-state index in [0.717, 1.165) is 11.1 Å². The Morgan fingerprint density at radius 3 is 2.19 bits per heavy atom. The van der Waals surface area contributed by atoms with E-state index in [1.165, 1.54) is 0 Å². The molecular weight excluding hydrogens is 407 g/mol. The number of carbonyl (C=O) groups is 2. The number of benzene rings is 2. The molecule has 0 unspecified atom stereocenters. The summed E-state index contributed by atoms with van der Waals surface area (Å²) in [6.07, 6.45) is 0.666. The van der Waals surface area contributed by atoms with Crippen LogP contribution in [-0.4, -0.2) is 29.8 Å². The summed E-state index contributed by atoms with van der Waals surface area (Å²) in [6.45, 7) is 2.13. The minimum Gasteiger partial charge on any atom is -0.357 e. The molecule has 0 fully saturated rings. The number of rotatable bonds is 7. The lowest BCUT2D eigenvalue weighted by atomic mass is 10.1. The van der Waals surface area contributed by atoms with Crippen LogP contribution in [-0.2, 0) is 22.6 Å². The zero-order valence-corrected chi connectivity index (χ0v) is 17.4. The van der Waals surface area contributed by atoms with Crippen molar-refractivity contribution in [2.75, 3.05) is 7.05 Å². The van der Waals surface area contributed by atoms with E-state index in [4.69, 9.17) is 34.8 Å². The highest BCUT2D eigenvalue weighted by atomic mass is 35.5. The maximum absolute atomic E-state index is 13.0. The molecule has 4 nitrogen and oxygen atoms in total. The number of nitrogens with one attached hydrogen (secondary N) is 1. The van der Waals surface area contributed by atoms with Crippen molar-refractivity contribution in [1.29, 1.82) is 0 Å². The van der Waals surface area contributed by atoms with E-state index in [0.29, 0.717) is 21.5 Å². The van der Waals surface area contributed by atoms with Crippen LogP contribution in [0.3, 0.4) is 0 Å². The van der Waals surface area contributed by atoms with Crippen LogP contribution in [0.4, 0.5) is 0 Å². The lowest BCUT2D eigenvalue weighted by Crippen LogP contribution is -2.48. The molecule has 0 spiro atoms. The van der Waals surface area contributed by atoms with Gasteiger partial charge in [-0.1, -0.05) is 59.9 Å². The molecule has 1 N–H and O–H groups in total. The SMILES string of the molecule is CC[C@@H](C(=O)NC)N(Cc1ccc(Cl)c(Cl)c1)C(=O)Cc1ccc(Cl)cc1. The van der Waals surface area contributed by atoms with Crippen molar-refractivity contribution in [3.05, 3.63) is 68.7 Å². The fraction of sp³-hybridized carbons (Fsp3) is 0.300. The first-order valence-corrected chi connectivity index (χ1v) is 9.68. The van der Waals surface area contributed by atoms with Crippen LogP contribution in [0.1, 0.15) is 24.5 Å². The van der Waals surface area contributed by atoms with Crippen molar-refractivity contribution < 1.29 is 9.59 Å². The van der Waals surface area contributed by atoms with E-state index in [9.17, 15) is 9.59 Å². The predicted octanol–water partition coefficient (Wildman–Crippen LogP) is 4.74. The third-order valence-electron chi connectivity index (χ3n) is 4.24. The van der Waals surface area contributed by atoms with Crippen LogP contribution in [0.2, 0.25) is 15.1 Å². The van der Waals surface area contributed by atoms with Crippen LogP contribution in [0.15, 0.2) is 42.5 Å². The fourth-order valence-corrected chi connectivity index (χ4v) is 3.25. The molecule has 0 heterocycles. The van der Waals surface area contributed by atoms with Gasteiger partial charge in [0.2, 0.25) is 11.8 Å². The van der Waals surface area contributed by atoms with Gasteiger partial charge in [-0.15, -0.1) is 0 Å². The second kappa shape index (κ2) is 9.98. The maximum atomic E-state index is 13.0. The van der Waals surface area contributed by atoms with Gasteiger partial charge in [0.05, 0.1) is 16.5 Å². The molecule has 0 bridgehead atoms. The first kappa shape index (κ1) is 21.5. The molecule has 0 aliphatic heterocycles. The summed E-state index contributed by atoms with van der Waals surface area (Å²) in [5.74, 6) is -0.360. The predicted molar refractivity (Wildman–Crippen MR) is 110 cm³/mol. The van der Waals surface area contributed by atoms with Crippen LogP contribution in [0.5, 0.6) is 0 Å². The second-order valence-corrected chi connectivity index (χ2v) is 7.36. The number of likely N-dealkylation sites (N-methyl/N-ethyl adjacent to an activating group) is 1. The van der Waals surface area contributed by atoms with Crippen LogP contribution in [0.25, 0.3) is 0 Å². The monoisotopic (exact) mass is 426 g/mol. The zero-order chi connectivity index (χ0) is 20.0. The summed E-state index contributed by atoms with van der Waals surface area (Å²) in [4.78, 5) is 26.9. The molecule has 0 saturated carbocycles. The summed E-state index contributed by atoms with van der Waals surface area (Å²) in [5.41, 5.74) is 1.63. The number of nitrogens with zero attached hydrogens (tertiary/aromatic N) is 1. The molecule has 2 rings (SSSR count). The van der Waals surface area contributed by atoms with Crippen LogP contribution in [0, 0.1) is 0 Å². The normalized spacial score (nSPS) is 11.7. The topological polar surface area (TPSA) is 49.4 Å². The molecule has 2 aromatic carbocycles. The first-order valence-electron chi connectivity index (χ1n) is 8.55. The van der Waals surface area contributed by atoms with Crippen molar-refractivity contribution in [2.24, 2.45) is 0 Å². The summed E-state index contributed by atoms with van der Waals surface area (Å²) >= 11 is 18.0. The zero-order valence-electron chi connectivity index (χ0n) is 15.1. The largest absolute Gasteiger partial charge is 0.357 e. The van der Waals surface area contributed by atoms with Gasteiger partial charge in [-0.2, -0.15) is 0 Å². The summed E-state index contributed by atoms with van der Waals surface area (Å²) in [7, 11) is 1.56. The molecule has 1 atom stereocenters. The molecule has 0 saturated heterocycles. The Labute approximate surface area is 174 Å². The van der Waals surface area contributed by atoms with Gasteiger partial charge < -0.3 is 10.2 Å². The summed E-state index contributed by atoms with van der Waals surface area (Å²) in [5, 5.41) is 4.09. The Morgan fingerprint density at radius 1 is 1.00 bits per heavy atom. The Kier molecular flexibility index (Phi) is 7.96. The highest BCUT2D eigenvalue weighted by Gasteiger charge is 2.28. The Morgan fingerprint density at radius 2 is 1.63 bits per heavy atom. The van der Waals surface area contributed by atoms with Crippen LogP contribution < -0.4 is 5.32 Å². The van der Waals surface area contributed by atoms with Gasteiger partial charge in [-0.05, 0) is 41.8 Å². The fourth-order valence-electron chi connectivity index (χ4n) is 2.80. The third kappa shape index (κ3) is 5.86. The molecule has 0 aromatic heterocycles. The van der Waals surface area contributed by atoms with Crippen molar-refractivity contribution in [1.82, 2.24) is 10.2 Å². The van der Waals surface area contributed by atoms with Gasteiger partial charge in [-0.3, -0.25) is 9.59 Å². The highest BCUT2D eigenvalue weighted by Crippen LogP contribution is 2.24. The average Bonchev–Trinajstić information content (AvgIpc) is 2.65. The van der Waals surface area contributed by atoms with E-state index in [1.54, 1.807) is 54.4 Å². The van der Waals surface area contributed by atoms with E-state index in [-0.39, 0.29) is 24.8 Å². The van der Waals surface area contributed by atoms with Gasteiger partial charge in [0.1, 0.15) is 6.04 Å². The second-order valence-electron chi connectivity index (χ2n) is 6.11.